The normalized spacial score (nSPS) is 10.9. The lowest BCUT2D eigenvalue weighted by Gasteiger charge is -2.13. The average Bonchev–Trinajstić information content (AvgIpc) is 3.12. The molecule has 27 heavy (non-hydrogen) atoms. The Morgan fingerprint density at radius 1 is 1.26 bits per heavy atom. The van der Waals surface area contributed by atoms with E-state index in [1.807, 2.05) is 61.6 Å². The van der Waals surface area contributed by atoms with Crippen LogP contribution in [-0.4, -0.2) is 35.3 Å². The Labute approximate surface area is 166 Å². The topological polar surface area (TPSA) is 67.2 Å². The number of amides is 1. The number of thioether (sulfide) groups is 1. The first-order valence-corrected chi connectivity index (χ1v) is 10.5. The lowest BCUT2D eigenvalue weighted by atomic mass is 10.2. The van der Waals surface area contributed by atoms with Gasteiger partial charge in [0.25, 0.3) is 5.56 Å². The summed E-state index contributed by atoms with van der Waals surface area (Å²) in [6.07, 6.45) is 0.830. The first kappa shape index (κ1) is 19.4. The van der Waals surface area contributed by atoms with Gasteiger partial charge >= 0.3 is 0 Å². The van der Waals surface area contributed by atoms with Gasteiger partial charge in [0.05, 0.1) is 11.3 Å². The molecule has 0 radical (unpaired) electrons. The maximum atomic E-state index is 12.6. The van der Waals surface area contributed by atoms with E-state index < -0.39 is 0 Å². The van der Waals surface area contributed by atoms with Crippen molar-refractivity contribution >= 4 is 50.6 Å². The van der Waals surface area contributed by atoms with Crippen molar-refractivity contribution in [1.29, 1.82) is 0 Å². The number of rotatable bonds is 7. The van der Waals surface area contributed by atoms with Crippen LogP contribution in [0.1, 0.15) is 13.3 Å². The molecule has 0 unspecified atom stereocenters. The lowest BCUT2D eigenvalue weighted by Crippen LogP contribution is -2.23. The van der Waals surface area contributed by atoms with Crippen LogP contribution < -0.4 is 15.8 Å². The van der Waals surface area contributed by atoms with E-state index in [1.165, 1.54) is 23.1 Å². The van der Waals surface area contributed by atoms with Crippen molar-refractivity contribution in [3.63, 3.8) is 0 Å². The minimum atomic E-state index is -0.125. The van der Waals surface area contributed by atoms with Gasteiger partial charge in [-0.2, -0.15) is 0 Å². The van der Waals surface area contributed by atoms with E-state index in [1.54, 1.807) is 4.57 Å². The van der Waals surface area contributed by atoms with E-state index in [9.17, 15) is 9.59 Å². The summed E-state index contributed by atoms with van der Waals surface area (Å²) in [6, 6.07) is 9.50. The molecule has 1 aromatic carbocycles. The van der Waals surface area contributed by atoms with Crippen molar-refractivity contribution in [2.75, 3.05) is 30.1 Å². The number of hydrogen-bond acceptors (Lipinski definition) is 6. The number of aromatic nitrogens is 2. The molecule has 6 nitrogen and oxygen atoms in total. The van der Waals surface area contributed by atoms with Gasteiger partial charge in [-0.15, -0.1) is 11.3 Å². The molecule has 0 atom stereocenters. The van der Waals surface area contributed by atoms with Crippen LogP contribution in [0.25, 0.3) is 10.2 Å². The van der Waals surface area contributed by atoms with Gasteiger partial charge in [0.2, 0.25) is 5.91 Å². The van der Waals surface area contributed by atoms with Crippen molar-refractivity contribution in [2.45, 2.75) is 25.0 Å². The predicted molar refractivity (Wildman–Crippen MR) is 114 cm³/mol. The standard InChI is InChI=1S/C19H22N4O2S2/c1-4-10-23-18(25)17-15(9-11-26-17)21-19(23)27-12-16(24)20-13-5-7-14(8-6-13)22(2)3/h5-9,11H,4,10,12H2,1-3H3,(H,20,24). The van der Waals surface area contributed by atoms with Gasteiger partial charge < -0.3 is 10.2 Å². The highest BCUT2D eigenvalue weighted by Crippen LogP contribution is 2.22. The van der Waals surface area contributed by atoms with Crippen LogP contribution in [-0.2, 0) is 11.3 Å². The Kier molecular flexibility index (Phi) is 6.18. The maximum absolute atomic E-state index is 12.6. The highest BCUT2D eigenvalue weighted by molar-refractivity contribution is 7.99. The number of carbonyl (C=O) groups is 1. The first-order chi connectivity index (χ1) is 13.0. The third kappa shape index (κ3) is 4.51. The third-order valence-electron chi connectivity index (χ3n) is 3.98. The molecule has 1 amide bonds. The van der Waals surface area contributed by atoms with E-state index in [2.05, 4.69) is 10.3 Å². The predicted octanol–water partition coefficient (Wildman–Crippen LogP) is 3.66. The Balaban J connectivity index is 1.71. The molecule has 3 aromatic rings. The molecular formula is C19H22N4O2S2. The lowest BCUT2D eigenvalue weighted by molar-refractivity contribution is -0.113. The van der Waals surface area contributed by atoms with Gasteiger partial charge in [-0.1, -0.05) is 18.7 Å². The number of thiophene rings is 1. The SMILES string of the molecule is CCCn1c(SCC(=O)Nc2ccc(N(C)C)cc2)nc2ccsc2c1=O. The molecule has 1 N–H and O–H groups in total. The molecule has 3 rings (SSSR count). The van der Waals surface area contributed by atoms with Gasteiger partial charge in [-0.3, -0.25) is 14.2 Å². The van der Waals surface area contributed by atoms with Crippen LogP contribution >= 0.6 is 23.1 Å². The molecule has 0 aliphatic heterocycles. The average molecular weight is 403 g/mol. The largest absolute Gasteiger partial charge is 0.378 e. The monoisotopic (exact) mass is 402 g/mol. The number of nitrogens with zero attached hydrogens (tertiary/aromatic N) is 3. The van der Waals surface area contributed by atoms with Gasteiger partial charge in [-0.05, 0) is 42.1 Å². The molecule has 8 heteroatoms. The number of carbonyl (C=O) groups excluding carboxylic acids is 1. The zero-order chi connectivity index (χ0) is 19.4. The van der Waals surface area contributed by atoms with E-state index >= 15 is 0 Å². The Bertz CT molecular complexity index is 993. The summed E-state index contributed by atoms with van der Waals surface area (Å²) < 4.78 is 2.33. The molecule has 2 heterocycles. The van der Waals surface area contributed by atoms with Gasteiger partial charge in [0.1, 0.15) is 4.70 Å². The molecule has 0 fully saturated rings. The second-order valence-corrected chi connectivity index (χ2v) is 8.12. The summed E-state index contributed by atoms with van der Waals surface area (Å²) in [5.74, 6) is 0.0710. The van der Waals surface area contributed by atoms with E-state index in [0.29, 0.717) is 21.9 Å². The number of benzene rings is 1. The highest BCUT2D eigenvalue weighted by Gasteiger charge is 2.14. The zero-order valence-electron chi connectivity index (χ0n) is 15.6. The quantitative estimate of drug-likeness (QED) is 0.482. The zero-order valence-corrected chi connectivity index (χ0v) is 17.2. The fourth-order valence-electron chi connectivity index (χ4n) is 2.62. The van der Waals surface area contributed by atoms with Gasteiger partial charge in [0.15, 0.2) is 5.16 Å². The van der Waals surface area contributed by atoms with E-state index in [-0.39, 0.29) is 17.2 Å². The fraction of sp³-hybridized carbons (Fsp3) is 0.316. The smallest absolute Gasteiger partial charge is 0.272 e. The molecule has 0 saturated heterocycles. The molecule has 0 bridgehead atoms. The van der Waals surface area contributed by atoms with E-state index in [0.717, 1.165) is 17.8 Å². The van der Waals surface area contributed by atoms with Crippen LogP contribution in [0.15, 0.2) is 45.7 Å². The van der Waals surface area contributed by atoms with Crippen LogP contribution in [0, 0.1) is 0 Å². The Hall–Kier alpha value is -2.32. The summed E-state index contributed by atoms with van der Waals surface area (Å²) >= 11 is 2.70. The molecular weight excluding hydrogens is 380 g/mol. The van der Waals surface area contributed by atoms with Crippen molar-refractivity contribution in [1.82, 2.24) is 9.55 Å². The van der Waals surface area contributed by atoms with Gasteiger partial charge in [-0.25, -0.2) is 4.98 Å². The van der Waals surface area contributed by atoms with Crippen LogP contribution in [0.2, 0.25) is 0 Å². The van der Waals surface area contributed by atoms with Crippen LogP contribution in [0.4, 0.5) is 11.4 Å². The number of anilines is 2. The summed E-state index contributed by atoms with van der Waals surface area (Å²) in [6.45, 7) is 2.61. The second kappa shape index (κ2) is 8.58. The molecule has 0 aliphatic rings. The number of fused-ring (bicyclic) bond motifs is 1. The summed E-state index contributed by atoms with van der Waals surface area (Å²) in [5.41, 5.74) is 2.48. The maximum Gasteiger partial charge on any atom is 0.272 e. The highest BCUT2D eigenvalue weighted by atomic mass is 32.2. The number of nitrogens with one attached hydrogen (secondary N) is 1. The number of hydrogen-bond donors (Lipinski definition) is 1. The summed E-state index contributed by atoms with van der Waals surface area (Å²) in [7, 11) is 3.94. The van der Waals surface area contributed by atoms with Crippen molar-refractivity contribution in [3.8, 4) is 0 Å². The Morgan fingerprint density at radius 2 is 2.00 bits per heavy atom. The molecule has 0 spiro atoms. The fourth-order valence-corrected chi connectivity index (χ4v) is 4.23. The Morgan fingerprint density at radius 3 is 2.67 bits per heavy atom. The van der Waals surface area contributed by atoms with E-state index in [4.69, 9.17) is 0 Å². The minimum Gasteiger partial charge on any atom is -0.378 e. The summed E-state index contributed by atoms with van der Waals surface area (Å²) in [4.78, 5) is 31.5. The van der Waals surface area contributed by atoms with Crippen molar-refractivity contribution in [2.24, 2.45) is 0 Å². The minimum absolute atomic E-state index is 0.0287. The molecule has 2 aromatic heterocycles. The molecule has 0 saturated carbocycles. The van der Waals surface area contributed by atoms with Crippen LogP contribution in [0.5, 0.6) is 0 Å². The second-order valence-electron chi connectivity index (χ2n) is 6.26. The third-order valence-corrected chi connectivity index (χ3v) is 5.85. The van der Waals surface area contributed by atoms with Crippen molar-refractivity contribution in [3.05, 3.63) is 46.1 Å². The van der Waals surface area contributed by atoms with Crippen molar-refractivity contribution < 1.29 is 4.79 Å². The first-order valence-electron chi connectivity index (χ1n) is 8.67. The summed E-state index contributed by atoms with van der Waals surface area (Å²) in [5, 5.41) is 5.34. The van der Waals surface area contributed by atoms with Crippen LogP contribution in [0.3, 0.4) is 0 Å². The molecule has 0 aliphatic carbocycles. The molecule has 142 valence electrons. The van der Waals surface area contributed by atoms with Gasteiger partial charge in [0, 0.05) is 32.0 Å².